The Kier molecular flexibility index (Phi) is 4.60. The average molecular weight is 324 g/mol. The molecule has 2 atom stereocenters. The Balaban J connectivity index is 2.17. The molecule has 0 aliphatic heterocycles. The standard InChI is InChI=1S/C17H26BrN/c1-12-9-10-13(18)11-16(12)19-15-8-6-5-7-14(15)17(2,3)4/h9-11,14-15,19H,5-8H2,1-4H3. The number of halogens is 1. The van der Waals surface area contributed by atoms with Crippen molar-refractivity contribution in [2.75, 3.05) is 5.32 Å². The molecule has 0 amide bonds. The molecule has 1 saturated carbocycles. The predicted octanol–water partition coefficient (Wildman–Crippen LogP) is 5.77. The normalized spacial score (nSPS) is 24.3. The Hall–Kier alpha value is -0.500. The van der Waals surface area contributed by atoms with Gasteiger partial charge in [0.1, 0.15) is 0 Å². The van der Waals surface area contributed by atoms with Gasteiger partial charge in [-0.25, -0.2) is 0 Å². The third-order valence-corrected chi connectivity index (χ3v) is 4.91. The van der Waals surface area contributed by atoms with Crippen LogP contribution in [0.15, 0.2) is 22.7 Å². The predicted molar refractivity (Wildman–Crippen MR) is 87.7 cm³/mol. The first-order valence-corrected chi connectivity index (χ1v) is 8.20. The van der Waals surface area contributed by atoms with Crippen molar-refractivity contribution in [1.82, 2.24) is 0 Å². The molecule has 1 fully saturated rings. The van der Waals surface area contributed by atoms with E-state index in [0.29, 0.717) is 11.5 Å². The SMILES string of the molecule is Cc1ccc(Br)cc1NC1CCCCC1C(C)(C)C. The zero-order valence-electron chi connectivity index (χ0n) is 12.6. The van der Waals surface area contributed by atoms with Crippen LogP contribution < -0.4 is 5.32 Å². The van der Waals surface area contributed by atoms with Crippen molar-refractivity contribution in [3.8, 4) is 0 Å². The average Bonchev–Trinajstić information content (AvgIpc) is 2.33. The van der Waals surface area contributed by atoms with Gasteiger partial charge in [-0.1, -0.05) is 55.6 Å². The number of nitrogens with one attached hydrogen (secondary N) is 1. The van der Waals surface area contributed by atoms with E-state index < -0.39 is 0 Å². The summed E-state index contributed by atoms with van der Waals surface area (Å²) < 4.78 is 1.16. The molecule has 0 saturated heterocycles. The van der Waals surface area contributed by atoms with Crippen LogP contribution in [-0.4, -0.2) is 6.04 Å². The molecule has 0 aromatic heterocycles. The van der Waals surface area contributed by atoms with Gasteiger partial charge in [-0.05, 0) is 48.8 Å². The van der Waals surface area contributed by atoms with E-state index in [4.69, 9.17) is 0 Å². The number of hydrogen-bond donors (Lipinski definition) is 1. The molecule has 2 unspecified atom stereocenters. The lowest BCUT2D eigenvalue weighted by atomic mass is 9.69. The van der Waals surface area contributed by atoms with Crippen LogP contribution in [0.25, 0.3) is 0 Å². The summed E-state index contributed by atoms with van der Waals surface area (Å²) in [6.45, 7) is 9.33. The summed E-state index contributed by atoms with van der Waals surface area (Å²) in [7, 11) is 0. The number of rotatable bonds is 2. The van der Waals surface area contributed by atoms with Crippen molar-refractivity contribution in [3.05, 3.63) is 28.2 Å². The zero-order chi connectivity index (χ0) is 14.0. The van der Waals surface area contributed by atoms with E-state index in [-0.39, 0.29) is 0 Å². The van der Waals surface area contributed by atoms with Gasteiger partial charge in [-0.2, -0.15) is 0 Å². The number of anilines is 1. The van der Waals surface area contributed by atoms with Crippen LogP contribution in [0, 0.1) is 18.3 Å². The summed E-state index contributed by atoms with van der Waals surface area (Å²) in [5, 5.41) is 3.82. The van der Waals surface area contributed by atoms with Gasteiger partial charge in [-0.3, -0.25) is 0 Å². The summed E-state index contributed by atoms with van der Waals surface area (Å²) in [6, 6.07) is 7.12. The summed E-state index contributed by atoms with van der Waals surface area (Å²) in [6.07, 6.45) is 5.40. The highest BCUT2D eigenvalue weighted by Crippen LogP contribution is 2.39. The Morgan fingerprint density at radius 3 is 2.53 bits per heavy atom. The smallest absolute Gasteiger partial charge is 0.0383 e. The number of benzene rings is 1. The van der Waals surface area contributed by atoms with E-state index in [9.17, 15) is 0 Å². The Bertz CT molecular complexity index is 433. The van der Waals surface area contributed by atoms with Crippen molar-refractivity contribution in [2.45, 2.75) is 59.4 Å². The number of aryl methyl sites for hydroxylation is 1. The van der Waals surface area contributed by atoms with Crippen molar-refractivity contribution in [1.29, 1.82) is 0 Å². The fraction of sp³-hybridized carbons (Fsp3) is 0.647. The molecule has 1 nitrogen and oxygen atoms in total. The second-order valence-electron chi connectivity index (χ2n) is 6.97. The molecule has 19 heavy (non-hydrogen) atoms. The molecule has 0 heterocycles. The maximum Gasteiger partial charge on any atom is 0.0383 e. The summed E-state index contributed by atoms with van der Waals surface area (Å²) >= 11 is 3.58. The minimum Gasteiger partial charge on any atom is -0.382 e. The largest absolute Gasteiger partial charge is 0.382 e. The summed E-state index contributed by atoms with van der Waals surface area (Å²) in [5.41, 5.74) is 3.01. The fourth-order valence-corrected chi connectivity index (χ4v) is 3.65. The van der Waals surface area contributed by atoms with E-state index in [1.807, 2.05) is 0 Å². The molecule has 1 aliphatic rings. The second-order valence-corrected chi connectivity index (χ2v) is 7.88. The van der Waals surface area contributed by atoms with E-state index in [1.165, 1.54) is 36.9 Å². The van der Waals surface area contributed by atoms with E-state index in [1.54, 1.807) is 0 Å². The van der Waals surface area contributed by atoms with Gasteiger partial charge in [0.25, 0.3) is 0 Å². The second kappa shape index (κ2) is 5.87. The number of hydrogen-bond acceptors (Lipinski definition) is 1. The van der Waals surface area contributed by atoms with Crippen LogP contribution in [0.4, 0.5) is 5.69 Å². The van der Waals surface area contributed by atoms with Crippen molar-refractivity contribution in [2.24, 2.45) is 11.3 Å². The molecule has 1 aromatic rings. The molecule has 0 bridgehead atoms. The summed E-state index contributed by atoms with van der Waals surface area (Å²) in [4.78, 5) is 0. The third kappa shape index (κ3) is 3.75. The van der Waals surface area contributed by atoms with Crippen molar-refractivity contribution >= 4 is 21.6 Å². The van der Waals surface area contributed by atoms with Gasteiger partial charge < -0.3 is 5.32 Å². The minimum absolute atomic E-state index is 0.387. The van der Waals surface area contributed by atoms with Crippen LogP contribution >= 0.6 is 15.9 Å². The van der Waals surface area contributed by atoms with Gasteiger partial charge in [-0.15, -0.1) is 0 Å². The van der Waals surface area contributed by atoms with Gasteiger partial charge in [0.15, 0.2) is 0 Å². The van der Waals surface area contributed by atoms with E-state index >= 15 is 0 Å². The zero-order valence-corrected chi connectivity index (χ0v) is 14.2. The molecule has 0 spiro atoms. The van der Waals surface area contributed by atoms with Gasteiger partial charge >= 0.3 is 0 Å². The summed E-state index contributed by atoms with van der Waals surface area (Å²) in [5.74, 6) is 0.764. The van der Waals surface area contributed by atoms with Crippen LogP contribution in [-0.2, 0) is 0 Å². The van der Waals surface area contributed by atoms with Gasteiger partial charge in [0.2, 0.25) is 0 Å². The quantitative estimate of drug-likeness (QED) is 0.728. The molecule has 0 radical (unpaired) electrons. The highest BCUT2D eigenvalue weighted by atomic mass is 79.9. The van der Waals surface area contributed by atoms with Gasteiger partial charge in [0, 0.05) is 16.2 Å². The highest BCUT2D eigenvalue weighted by molar-refractivity contribution is 9.10. The van der Waals surface area contributed by atoms with Crippen LogP contribution in [0.1, 0.15) is 52.0 Å². The maximum atomic E-state index is 3.82. The lowest BCUT2D eigenvalue weighted by Gasteiger charge is -2.41. The molecule has 2 heteroatoms. The van der Waals surface area contributed by atoms with E-state index in [2.05, 4.69) is 67.1 Å². The van der Waals surface area contributed by atoms with Crippen molar-refractivity contribution in [3.63, 3.8) is 0 Å². The lowest BCUT2D eigenvalue weighted by Crippen LogP contribution is -2.39. The Labute approximate surface area is 126 Å². The van der Waals surface area contributed by atoms with Gasteiger partial charge in [0.05, 0.1) is 0 Å². The van der Waals surface area contributed by atoms with Crippen LogP contribution in [0.3, 0.4) is 0 Å². The maximum absolute atomic E-state index is 3.82. The third-order valence-electron chi connectivity index (χ3n) is 4.42. The molecular formula is C17H26BrN. The Morgan fingerprint density at radius 1 is 1.16 bits per heavy atom. The fourth-order valence-electron chi connectivity index (χ4n) is 3.29. The first kappa shape index (κ1) is 14.9. The van der Waals surface area contributed by atoms with Crippen molar-refractivity contribution < 1.29 is 0 Å². The first-order chi connectivity index (χ1) is 8.88. The molecule has 1 aliphatic carbocycles. The Morgan fingerprint density at radius 2 is 1.84 bits per heavy atom. The van der Waals surface area contributed by atoms with Crippen LogP contribution in [0.5, 0.6) is 0 Å². The topological polar surface area (TPSA) is 12.0 Å². The van der Waals surface area contributed by atoms with Crippen LogP contribution in [0.2, 0.25) is 0 Å². The monoisotopic (exact) mass is 323 g/mol. The molecule has 106 valence electrons. The first-order valence-electron chi connectivity index (χ1n) is 7.40. The highest BCUT2D eigenvalue weighted by Gasteiger charge is 2.34. The molecule has 1 N–H and O–H groups in total. The molecular weight excluding hydrogens is 298 g/mol. The molecule has 2 rings (SSSR count). The van der Waals surface area contributed by atoms with E-state index in [0.717, 1.165) is 10.4 Å². The molecule has 1 aromatic carbocycles. The minimum atomic E-state index is 0.387. The lowest BCUT2D eigenvalue weighted by molar-refractivity contribution is 0.163.